The topological polar surface area (TPSA) is 172 Å². The largest absolute Gasteiger partial charge is 2.00 e. The van der Waals surface area contributed by atoms with Gasteiger partial charge in [-0.3, -0.25) is 4.79 Å². The number of aromatic nitrogens is 4. The van der Waals surface area contributed by atoms with Crippen molar-refractivity contribution in [2.45, 2.75) is 98.6 Å². The number of nitrogens with zero attached hydrogens (tertiary/aromatic N) is 4. The minimum atomic E-state index is -1.48. The fourth-order valence-electron chi connectivity index (χ4n) is 6.36. The molecular weight excluding hydrogens is 643 g/mol. The number of aliphatic hydroxyl groups is 4. The third-order valence-corrected chi connectivity index (χ3v) is 9.04. The average Bonchev–Trinajstić information content (AvgIpc) is 3.64. The fraction of sp³-hybridized carbons (Fsp3) is 0.417. The molecule has 0 fully saturated rings. The number of allylic oxidation sites excluding steroid dienone is 4. The van der Waals surface area contributed by atoms with Crippen LogP contribution in [-0.4, -0.2) is 54.0 Å². The molecule has 0 amide bonds. The van der Waals surface area contributed by atoms with Gasteiger partial charge < -0.3 is 35.5 Å². The first-order valence-corrected chi connectivity index (χ1v) is 15.9. The van der Waals surface area contributed by atoms with E-state index in [1.165, 1.54) is 0 Å². The molecule has 0 spiro atoms. The monoisotopic (exact) mass is 685 g/mol. The summed E-state index contributed by atoms with van der Waals surface area (Å²) in [6, 6.07) is 7.73. The van der Waals surface area contributed by atoms with Gasteiger partial charge >= 0.3 is 22.7 Å². The van der Waals surface area contributed by atoms with E-state index >= 15 is 0 Å². The number of fused-ring (bicyclic) bond motifs is 8. The Bertz CT molecular complexity index is 1900. The normalized spacial score (nSPS) is 13.3. The second kappa shape index (κ2) is 15.1. The molecule has 5 N–H and O–H groups in total. The van der Waals surface area contributed by atoms with Gasteiger partial charge in [0.25, 0.3) is 0 Å². The first-order valence-electron chi connectivity index (χ1n) is 15.9. The van der Waals surface area contributed by atoms with Crippen molar-refractivity contribution in [3.63, 3.8) is 0 Å². The van der Waals surface area contributed by atoms with Gasteiger partial charge in [0, 0.05) is 19.3 Å². The van der Waals surface area contributed by atoms with Crippen molar-refractivity contribution in [1.82, 2.24) is 19.9 Å². The van der Waals surface area contributed by atoms with Crippen LogP contribution in [-0.2, 0) is 34.4 Å². The number of aliphatic hydroxyl groups excluding tert-OH is 2. The molecule has 8 bridgehead atoms. The zero-order chi connectivity index (χ0) is 33.3. The van der Waals surface area contributed by atoms with Crippen LogP contribution in [0.15, 0.2) is 24.3 Å². The number of rotatable bonds is 11. The van der Waals surface area contributed by atoms with Gasteiger partial charge in [0.05, 0.1) is 22.8 Å². The van der Waals surface area contributed by atoms with E-state index in [-0.39, 0.29) is 36.0 Å². The predicted molar refractivity (Wildman–Crippen MR) is 178 cm³/mol. The quantitative estimate of drug-likeness (QED) is 0.169. The Kier molecular flexibility index (Phi) is 11.6. The molecule has 0 aromatic carbocycles. The Balaban J connectivity index is 0.00000500. The molecule has 5 heterocycles. The van der Waals surface area contributed by atoms with Crippen LogP contribution in [0.2, 0.25) is 0 Å². The van der Waals surface area contributed by atoms with Crippen molar-refractivity contribution in [1.29, 1.82) is 0 Å². The maximum Gasteiger partial charge on any atom is 2.00 e. The molecule has 0 aliphatic carbocycles. The van der Waals surface area contributed by atoms with Gasteiger partial charge in [-0.1, -0.05) is 59.9 Å². The third-order valence-electron chi connectivity index (χ3n) is 9.04. The van der Waals surface area contributed by atoms with Crippen molar-refractivity contribution in [3.8, 4) is 0 Å². The maximum absolute atomic E-state index is 11.6. The standard InChI is InChI=1S/C36H43N4O6.Co/c1-6-7-22-18(2)26-15-31-24(9-12-35(43)44)20(4)28(39-31)17-33-25(10-13-36(45)46)21(5)29(40-33)16-32-23(8-11-34(41)42)19(3)27(38-32)14-30(22)37-26;/h14-17,34,36,41-42,45-46H,6-13H2,1-5H3,(H2-,37,38,39,40,43,44);/q-1;+2/p-1. The second-order valence-corrected chi connectivity index (χ2v) is 12.2. The van der Waals surface area contributed by atoms with E-state index in [1.54, 1.807) is 0 Å². The molecule has 5 rings (SSSR count). The molecule has 2 aliphatic rings. The summed E-state index contributed by atoms with van der Waals surface area (Å²) in [7, 11) is 0. The zero-order valence-corrected chi connectivity index (χ0v) is 28.4. The molecule has 0 unspecified atom stereocenters. The minimum absolute atomic E-state index is 0. The number of hydrogen-bond donors (Lipinski definition) is 5. The molecule has 47 heavy (non-hydrogen) atoms. The third kappa shape index (κ3) is 7.77. The van der Waals surface area contributed by atoms with Crippen LogP contribution in [0.4, 0.5) is 0 Å². The molecule has 0 saturated heterocycles. The number of hydrogen-bond acceptors (Lipinski definition) is 7. The van der Waals surface area contributed by atoms with Crippen molar-refractivity contribution in [2.24, 2.45) is 0 Å². The van der Waals surface area contributed by atoms with Crippen molar-refractivity contribution < 1.29 is 47.1 Å². The molecule has 3 aromatic heterocycles. The van der Waals surface area contributed by atoms with E-state index in [9.17, 15) is 30.3 Å². The van der Waals surface area contributed by atoms with Gasteiger partial charge in [-0.25, -0.2) is 9.97 Å². The summed E-state index contributed by atoms with van der Waals surface area (Å²) in [5.74, 6) is -0.886. The van der Waals surface area contributed by atoms with Crippen LogP contribution in [0.1, 0.15) is 104 Å². The van der Waals surface area contributed by atoms with Gasteiger partial charge in [0.15, 0.2) is 12.6 Å². The molecule has 251 valence electrons. The van der Waals surface area contributed by atoms with E-state index in [2.05, 4.69) is 6.92 Å². The summed E-state index contributed by atoms with van der Waals surface area (Å²) in [6.07, 6.45) is 0.157. The first-order chi connectivity index (χ1) is 21.9. The summed E-state index contributed by atoms with van der Waals surface area (Å²) >= 11 is 0. The molecule has 1 radical (unpaired) electrons. The fourth-order valence-corrected chi connectivity index (χ4v) is 6.36. The summed E-state index contributed by atoms with van der Waals surface area (Å²) in [4.78, 5) is 31.6. The predicted octanol–water partition coefficient (Wildman–Crippen LogP) is 5.20. The molecule has 0 atom stereocenters. The van der Waals surface area contributed by atoms with Crippen molar-refractivity contribution >= 4 is 50.3 Å². The van der Waals surface area contributed by atoms with E-state index in [4.69, 9.17) is 19.9 Å². The van der Waals surface area contributed by atoms with Gasteiger partial charge in [-0.15, -0.1) is 22.1 Å². The van der Waals surface area contributed by atoms with Crippen molar-refractivity contribution in [3.05, 3.63) is 69.3 Å². The van der Waals surface area contributed by atoms with E-state index < -0.39 is 18.5 Å². The van der Waals surface area contributed by atoms with Crippen LogP contribution in [0.5, 0.6) is 0 Å². The van der Waals surface area contributed by atoms with Crippen LogP contribution in [0, 0.1) is 13.8 Å². The molecule has 3 aromatic rings. The zero-order valence-electron chi connectivity index (χ0n) is 27.4. The second-order valence-electron chi connectivity index (χ2n) is 12.2. The van der Waals surface area contributed by atoms with Crippen LogP contribution in [0.25, 0.3) is 44.4 Å². The summed E-state index contributed by atoms with van der Waals surface area (Å²) in [5, 5.41) is 48.3. The smallest absolute Gasteiger partial charge is 0.657 e. The number of aryl methyl sites for hydroxylation is 4. The minimum Gasteiger partial charge on any atom is -0.657 e. The number of carboxylic acids is 1. The van der Waals surface area contributed by atoms with Gasteiger partial charge in [0.2, 0.25) is 0 Å². The molecule has 0 saturated carbocycles. The summed E-state index contributed by atoms with van der Waals surface area (Å²) in [6.45, 7) is 10.0. The maximum atomic E-state index is 11.6. The van der Waals surface area contributed by atoms with Crippen LogP contribution < -0.4 is 9.97 Å². The molecule has 2 aliphatic heterocycles. The Morgan fingerprint density at radius 2 is 1.09 bits per heavy atom. The molecular formula is C36H42CoN4O6. The van der Waals surface area contributed by atoms with Gasteiger partial charge in [0.1, 0.15) is 0 Å². The molecule has 10 nitrogen and oxygen atoms in total. The van der Waals surface area contributed by atoms with E-state index in [0.717, 1.165) is 74.3 Å². The number of carbonyl (C=O) groups is 1. The van der Waals surface area contributed by atoms with Crippen LogP contribution in [0.3, 0.4) is 0 Å². The SMILES string of the molecule is CCCC1=C(C)c2cc3[n-]c(cc4nc(cc5[n-]c(cc1n2)c(C)c5CCC(O)O)C(C)=C4CCC(O)O)c(C)c3CCC(=O)O.[Co+2]. The first kappa shape index (κ1) is 36.3. The van der Waals surface area contributed by atoms with Gasteiger partial charge in [-0.05, 0) is 75.7 Å². The number of aliphatic carboxylic acids is 1. The number of carboxylic acid groups (broad SMARTS) is 1. The Morgan fingerprint density at radius 3 is 1.53 bits per heavy atom. The summed E-state index contributed by atoms with van der Waals surface area (Å²) < 4.78 is 0. The molecule has 11 heteroatoms. The van der Waals surface area contributed by atoms with E-state index in [0.29, 0.717) is 47.2 Å². The Hall–Kier alpha value is -3.58. The van der Waals surface area contributed by atoms with E-state index in [1.807, 2.05) is 52.0 Å². The Morgan fingerprint density at radius 1 is 0.660 bits per heavy atom. The van der Waals surface area contributed by atoms with Crippen LogP contribution >= 0.6 is 0 Å². The average molecular weight is 686 g/mol. The van der Waals surface area contributed by atoms with Gasteiger partial charge in [-0.2, -0.15) is 0 Å². The Labute approximate surface area is 284 Å². The summed E-state index contributed by atoms with van der Waals surface area (Å²) in [5.41, 5.74) is 13.1. The van der Waals surface area contributed by atoms with Crippen molar-refractivity contribution in [2.75, 3.05) is 0 Å².